The summed E-state index contributed by atoms with van der Waals surface area (Å²) >= 11 is 0. The van der Waals surface area contributed by atoms with Gasteiger partial charge < -0.3 is 15.8 Å². The number of rotatable bonds is 4. The molecule has 0 aliphatic carbocycles. The van der Waals surface area contributed by atoms with Crippen molar-refractivity contribution >= 4 is 5.91 Å². The quantitative estimate of drug-likeness (QED) is 0.802. The van der Waals surface area contributed by atoms with E-state index in [4.69, 9.17) is 10.5 Å². The highest BCUT2D eigenvalue weighted by Crippen LogP contribution is 2.16. The second kappa shape index (κ2) is 5.46. The van der Waals surface area contributed by atoms with Gasteiger partial charge in [-0.3, -0.25) is 4.79 Å². The van der Waals surface area contributed by atoms with Crippen molar-refractivity contribution < 1.29 is 13.9 Å². The fraction of sp³-hybridized carbons (Fsp3) is 0.364. The monoisotopic (exact) mass is 226 g/mol. The van der Waals surface area contributed by atoms with Crippen molar-refractivity contribution in [2.45, 2.75) is 13.0 Å². The van der Waals surface area contributed by atoms with Gasteiger partial charge in [0.15, 0.2) is 0 Å². The van der Waals surface area contributed by atoms with Crippen LogP contribution in [0.2, 0.25) is 0 Å². The van der Waals surface area contributed by atoms with Crippen LogP contribution in [0.15, 0.2) is 18.2 Å². The molecule has 0 saturated heterocycles. The van der Waals surface area contributed by atoms with Crippen molar-refractivity contribution in [3.8, 4) is 5.75 Å². The number of halogens is 1. The summed E-state index contributed by atoms with van der Waals surface area (Å²) in [4.78, 5) is 11.6. The van der Waals surface area contributed by atoms with Crippen molar-refractivity contribution in [1.29, 1.82) is 0 Å². The van der Waals surface area contributed by atoms with E-state index in [1.807, 2.05) is 0 Å². The lowest BCUT2D eigenvalue weighted by Crippen LogP contribution is -2.38. The molecule has 16 heavy (non-hydrogen) atoms. The van der Waals surface area contributed by atoms with Gasteiger partial charge in [-0.05, 0) is 19.1 Å². The molecule has 3 N–H and O–H groups in total. The largest absolute Gasteiger partial charge is 0.497 e. The molecule has 0 saturated carbocycles. The number of hydrogen-bond donors (Lipinski definition) is 2. The third-order valence-corrected chi connectivity index (χ3v) is 2.15. The van der Waals surface area contributed by atoms with E-state index in [2.05, 4.69) is 5.32 Å². The first-order chi connectivity index (χ1) is 7.58. The van der Waals surface area contributed by atoms with E-state index in [-0.39, 0.29) is 11.6 Å². The van der Waals surface area contributed by atoms with Gasteiger partial charge in [0.25, 0.3) is 5.91 Å². The SMILES string of the molecule is COc1ccc(C(=O)N[C@H](C)CN)c(F)c1. The fourth-order valence-electron chi connectivity index (χ4n) is 1.17. The number of nitrogens with one attached hydrogen (secondary N) is 1. The molecule has 1 aromatic carbocycles. The standard InChI is InChI=1S/C11H15FN2O2/c1-7(6-13)14-11(15)9-4-3-8(16-2)5-10(9)12/h3-5,7H,6,13H2,1-2H3,(H,14,15)/t7-/m1/s1. The Hall–Kier alpha value is -1.62. The number of nitrogens with two attached hydrogens (primary N) is 1. The van der Waals surface area contributed by atoms with Crippen LogP contribution < -0.4 is 15.8 Å². The van der Waals surface area contributed by atoms with Crippen LogP contribution in [-0.4, -0.2) is 25.6 Å². The zero-order valence-corrected chi connectivity index (χ0v) is 9.29. The Bertz CT molecular complexity index is 382. The molecule has 0 aliphatic rings. The molecule has 1 aromatic rings. The lowest BCUT2D eigenvalue weighted by Gasteiger charge is -2.12. The molecule has 1 amide bonds. The summed E-state index contributed by atoms with van der Waals surface area (Å²) in [6.07, 6.45) is 0. The zero-order valence-electron chi connectivity index (χ0n) is 9.29. The van der Waals surface area contributed by atoms with Gasteiger partial charge in [0, 0.05) is 18.7 Å². The van der Waals surface area contributed by atoms with Crippen molar-refractivity contribution in [2.75, 3.05) is 13.7 Å². The Morgan fingerprint density at radius 1 is 1.62 bits per heavy atom. The molecule has 1 rings (SSSR count). The second-order valence-corrected chi connectivity index (χ2v) is 3.46. The van der Waals surface area contributed by atoms with Crippen molar-refractivity contribution in [2.24, 2.45) is 5.73 Å². The number of carbonyl (C=O) groups is 1. The number of amides is 1. The summed E-state index contributed by atoms with van der Waals surface area (Å²) < 4.78 is 18.3. The maximum absolute atomic E-state index is 13.5. The van der Waals surface area contributed by atoms with Crippen LogP contribution in [0.3, 0.4) is 0 Å². The van der Waals surface area contributed by atoms with Crippen molar-refractivity contribution in [1.82, 2.24) is 5.32 Å². The average Bonchev–Trinajstić information content (AvgIpc) is 2.28. The number of carbonyl (C=O) groups excluding carboxylic acids is 1. The minimum Gasteiger partial charge on any atom is -0.497 e. The molecular weight excluding hydrogens is 211 g/mol. The molecule has 0 spiro atoms. The van der Waals surface area contributed by atoms with Crippen LogP contribution >= 0.6 is 0 Å². The summed E-state index contributed by atoms with van der Waals surface area (Å²) in [7, 11) is 1.44. The highest BCUT2D eigenvalue weighted by atomic mass is 19.1. The van der Waals surface area contributed by atoms with Gasteiger partial charge >= 0.3 is 0 Å². The molecule has 0 aliphatic heterocycles. The maximum Gasteiger partial charge on any atom is 0.254 e. The smallest absolute Gasteiger partial charge is 0.254 e. The van der Waals surface area contributed by atoms with Gasteiger partial charge in [-0.25, -0.2) is 4.39 Å². The minimum absolute atomic E-state index is 0.0129. The first-order valence-corrected chi connectivity index (χ1v) is 4.93. The maximum atomic E-state index is 13.5. The normalized spacial score (nSPS) is 12.0. The number of hydrogen-bond acceptors (Lipinski definition) is 3. The van der Waals surface area contributed by atoms with Gasteiger partial charge in [-0.15, -0.1) is 0 Å². The van der Waals surface area contributed by atoms with Crippen molar-refractivity contribution in [3.05, 3.63) is 29.6 Å². The minimum atomic E-state index is -0.610. The molecule has 5 heteroatoms. The molecule has 0 bridgehead atoms. The molecule has 0 unspecified atom stereocenters. The van der Waals surface area contributed by atoms with E-state index in [1.165, 1.54) is 25.3 Å². The molecule has 0 fully saturated rings. The number of benzene rings is 1. The predicted octanol–water partition coefficient (Wildman–Crippen LogP) is 0.911. The van der Waals surface area contributed by atoms with E-state index in [1.54, 1.807) is 6.92 Å². The van der Waals surface area contributed by atoms with Gasteiger partial charge in [-0.2, -0.15) is 0 Å². The molecule has 0 aromatic heterocycles. The van der Waals surface area contributed by atoms with E-state index >= 15 is 0 Å². The van der Waals surface area contributed by atoms with Crippen LogP contribution in [0, 0.1) is 5.82 Å². The van der Waals surface area contributed by atoms with Crippen LogP contribution in [0.25, 0.3) is 0 Å². The Morgan fingerprint density at radius 3 is 2.81 bits per heavy atom. The van der Waals surface area contributed by atoms with Crippen molar-refractivity contribution in [3.63, 3.8) is 0 Å². The molecule has 1 atom stereocenters. The Kier molecular flexibility index (Phi) is 4.25. The highest BCUT2D eigenvalue weighted by molar-refractivity contribution is 5.94. The van der Waals surface area contributed by atoms with Crippen LogP contribution in [0.1, 0.15) is 17.3 Å². The average molecular weight is 226 g/mol. The summed E-state index contributed by atoms with van der Waals surface area (Å²) in [6, 6.07) is 3.90. The van der Waals surface area contributed by atoms with E-state index in [0.29, 0.717) is 12.3 Å². The summed E-state index contributed by atoms with van der Waals surface area (Å²) in [5.41, 5.74) is 5.34. The third-order valence-electron chi connectivity index (χ3n) is 2.15. The zero-order chi connectivity index (χ0) is 12.1. The van der Waals surface area contributed by atoms with E-state index in [0.717, 1.165) is 0 Å². The van der Waals surface area contributed by atoms with Crippen LogP contribution in [-0.2, 0) is 0 Å². The van der Waals surface area contributed by atoms with Gasteiger partial charge in [-0.1, -0.05) is 0 Å². The van der Waals surface area contributed by atoms with Gasteiger partial charge in [0.2, 0.25) is 0 Å². The second-order valence-electron chi connectivity index (χ2n) is 3.46. The van der Waals surface area contributed by atoms with Gasteiger partial charge in [0.05, 0.1) is 12.7 Å². The Morgan fingerprint density at radius 2 is 2.31 bits per heavy atom. The van der Waals surface area contributed by atoms with Crippen LogP contribution in [0.5, 0.6) is 5.75 Å². The van der Waals surface area contributed by atoms with E-state index in [9.17, 15) is 9.18 Å². The lowest BCUT2D eigenvalue weighted by molar-refractivity contribution is 0.0937. The summed E-state index contributed by atoms with van der Waals surface area (Å²) in [5, 5.41) is 2.58. The number of ether oxygens (including phenoxy) is 1. The predicted molar refractivity (Wildman–Crippen MR) is 58.9 cm³/mol. The number of methoxy groups -OCH3 is 1. The topological polar surface area (TPSA) is 64.3 Å². The van der Waals surface area contributed by atoms with Gasteiger partial charge in [0.1, 0.15) is 11.6 Å². The Labute approximate surface area is 93.6 Å². The van der Waals surface area contributed by atoms with E-state index < -0.39 is 11.7 Å². The summed E-state index contributed by atoms with van der Waals surface area (Å²) in [6.45, 7) is 2.06. The van der Waals surface area contributed by atoms with Crippen LogP contribution in [0.4, 0.5) is 4.39 Å². The summed E-state index contributed by atoms with van der Waals surface area (Å²) in [5.74, 6) is -0.708. The molecule has 4 nitrogen and oxygen atoms in total. The molecular formula is C11H15FN2O2. The first-order valence-electron chi connectivity index (χ1n) is 4.93. The lowest BCUT2D eigenvalue weighted by atomic mass is 10.1. The third kappa shape index (κ3) is 2.93. The first kappa shape index (κ1) is 12.4. The molecule has 88 valence electrons. The molecule has 0 heterocycles. The fourth-order valence-corrected chi connectivity index (χ4v) is 1.17. The molecule has 0 radical (unpaired) electrons. The Balaban J connectivity index is 2.84. The highest BCUT2D eigenvalue weighted by Gasteiger charge is 2.13.